The molecule has 7 heteroatoms. The van der Waals surface area contributed by atoms with Gasteiger partial charge in [-0.3, -0.25) is 4.79 Å². The lowest BCUT2D eigenvalue weighted by atomic mass is 9.70. The van der Waals surface area contributed by atoms with Crippen LogP contribution in [0.3, 0.4) is 0 Å². The van der Waals surface area contributed by atoms with Gasteiger partial charge in [0.25, 0.3) is 5.91 Å². The van der Waals surface area contributed by atoms with Crippen LogP contribution in [-0.2, 0) is 21.8 Å². The molecule has 2 aliphatic rings. The highest BCUT2D eigenvalue weighted by molar-refractivity contribution is 7.91. The van der Waals surface area contributed by atoms with Crippen LogP contribution < -0.4 is 15.2 Å². The zero-order valence-corrected chi connectivity index (χ0v) is 21.1. The number of rotatable bonds is 5. The van der Waals surface area contributed by atoms with Crippen LogP contribution in [0.5, 0.6) is 5.75 Å². The van der Waals surface area contributed by atoms with Gasteiger partial charge in [0.05, 0.1) is 12.3 Å². The average Bonchev–Trinajstić information content (AvgIpc) is 2.97. The van der Waals surface area contributed by atoms with Crippen molar-refractivity contribution in [1.82, 2.24) is 0 Å². The Labute approximate surface area is 203 Å². The minimum Gasteiger partial charge on any atom is -0.490 e. The summed E-state index contributed by atoms with van der Waals surface area (Å²) < 4.78 is 22.9. The molecule has 2 aromatic rings. The van der Waals surface area contributed by atoms with Gasteiger partial charge in [0.1, 0.15) is 15.7 Å². The van der Waals surface area contributed by atoms with Gasteiger partial charge in [-0.2, -0.15) is 0 Å². The summed E-state index contributed by atoms with van der Waals surface area (Å²) in [7, 11) is -3.11. The van der Waals surface area contributed by atoms with Crippen molar-refractivity contribution in [2.24, 2.45) is 15.4 Å². The normalized spacial score (nSPS) is 22.0. The number of fused-ring (bicyclic) bond motifs is 3. The van der Waals surface area contributed by atoms with E-state index in [4.69, 9.17) is 9.88 Å². The molecule has 4 rings (SSSR count). The van der Waals surface area contributed by atoms with Gasteiger partial charge in [0, 0.05) is 23.3 Å². The summed E-state index contributed by atoms with van der Waals surface area (Å²) in [5, 5.41) is 9.44. The van der Waals surface area contributed by atoms with Crippen LogP contribution in [0.4, 0.5) is 5.69 Å². The van der Waals surface area contributed by atoms with Crippen molar-refractivity contribution in [2.45, 2.75) is 51.9 Å². The second kappa shape index (κ2) is 9.92. The van der Waals surface area contributed by atoms with Crippen molar-refractivity contribution in [3.05, 3.63) is 70.8 Å². The molecule has 182 valence electrons. The maximum Gasteiger partial charge on any atom is 0.286 e. The highest BCUT2D eigenvalue weighted by Crippen LogP contribution is 2.42. The molecule has 6 nitrogen and oxygen atoms in total. The second-order valence-electron chi connectivity index (χ2n) is 9.81. The highest BCUT2D eigenvalue weighted by Gasteiger charge is 2.39. The fraction of sp³-hybridized carbons (Fsp3) is 0.444. The third-order valence-electron chi connectivity index (χ3n) is 6.82. The number of hydrogen-bond donors (Lipinski definition) is 2. The van der Waals surface area contributed by atoms with Crippen molar-refractivity contribution in [3.8, 4) is 5.75 Å². The predicted molar refractivity (Wildman–Crippen MR) is 139 cm³/mol. The van der Waals surface area contributed by atoms with E-state index >= 15 is 0 Å². The van der Waals surface area contributed by atoms with Crippen LogP contribution in [0.25, 0.3) is 0 Å². The van der Waals surface area contributed by atoms with E-state index in [1.54, 1.807) is 18.2 Å². The number of nitrogens with one attached hydrogen (secondary N) is 1. The standard InChI is InChI=1S/C27H35N3O3S/c1-4-5-7-20(3)16-34(28,32)30-26(31)22-10-12-25-24(15-22)29-17-27(18-33-25)13-6-8-21-14-19(2)9-11-23(21)27/h4-5,9-12,14-15,20,29H,6-8,13,16-18H2,1-3H3,(H2,28,30,31,32)/b5-4-/t20-,27-,34+/m0/s1. The number of carbonyl (C=O) groups excluding carboxylic acids is 1. The van der Waals surface area contributed by atoms with Crippen LogP contribution in [0.1, 0.15) is 60.2 Å². The Morgan fingerprint density at radius 2 is 2.15 bits per heavy atom. The molecule has 0 fully saturated rings. The first-order valence-electron chi connectivity index (χ1n) is 12.0. The molecule has 1 aliphatic heterocycles. The fourth-order valence-electron chi connectivity index (χ4n) is 5.06. The molecule has 1 aliphatic carbocycles. The van der Waals surface area contributed by atoms with E-state index < -0.39 is 15.8 Å². The van der Waals surface area contributed by atoms with E-state index in [-0.39, 0.29) is 17.1 Å². The maximum absolute atomic E-state index is 12.8. The van der Waals surface area contributed by atoms with Crippen LogP contribution >= 0.6 is 0 Å². The van der Waals surface area contributed by atoms with Gasteiger partial charge >= 0.3 is 0 Å². The van der Waals surface area contributed by atoms with Gasteiger partial charge in [-0.15, -0.1) is 4.36 Å². The molecule has 3 atom stereocenters. The SMILES string of the molecule is C/C=C\C[C@H](C)C[S@](N)(=O)=NC(=O)c1ccc2c(c1)NC[C@@]1(CCCc3cc(C)ccc31)CO2. The summed E-state index contributed by atoms with van der Waals surface area (Å²) in [6, 6.07) is 11.9. The largest absolute Gasteiger partial charge is 0.490 e. The van der Waals surface area contributed by atoms with E-state index in [9.17, 15) is 9.00 Å². The fourth-order valence-corrected chi connectivity index (χ4v) is 6.48. The summed E-state index contributed by atoms with van der Waals surface area (Å²) in [6.45, 7) is 7.33. The van der Waals surface area contributed by atoms with Crippen LogP contribution in [0.2, 0.25) is 0 Å². The Morgan fingerprint density at radius 1 is 1.32 bits per heavy atom. The number of allylic oxidation sites excluding steroid dienone is 2. The van der Waals surface area contributed by atoms with E-state index in [0.29, 0.717) is 17.9 Å². The third-order valence-corrected chi connectivity index (χ3v) is 8.34. The molecule has 0 unspecified atom stereocenters. The van der Waals surface area contributed by atoms with Gasteiger partial charge in [0.2, 0.25) is 0 Å². The van der Waals surface area contributed by atoms with E-state index in [2.05, 4.69) is 34.8 Å². The summed E-state index contributed by atoms with van der Waals surface area (Å²) in [4.78, 5) is 12.8. The Bertz CT molecular complexity index is 1230. The zero-order chi connectivity index (χ0) is 24.3. The Balaban J connectivity index is 1.54. The third kappa shape index (κ3) is 5.36. The van der Waals surface area contributed by atoms with Gasteiger partial charge in [-0.05, 0) is 74.8 Å². The molecule has 3 N–H and O–H groups in total. The minimum absolute atomic E-state index is 0.0747. The van der Waals surface area contributed by atoms with Crippen molar-refractivity contribution in [3.63, 3.8) is 0 Å². The van der Waals surface area contributed by atoms with Crippen molar-refractivity contribution in [1.29, 1.82) is 0 Å². The number of nitrogens with zero attached hydrogens (tertiary/aromatic N) is 1. The number of nitrogens with two attached hydrogens (primary N) is 1. The van der Waals surface area contributed by atoms with Gasteiger partial charge in [-0.25, -0.2) is 9.35 Å². The predicted octanol–water partition coefficient (Wildman–Crippen LogP) is 5.16. The van der Waals surface area contributed by atoms with Crippen molar-refractivity contribution < 1.29 is 13.7 Å². The molecule has 1 heterocycles. The van der Waals surface area contributed by atoms with Gasteiger partial charge < -0.3 is 10.1 Å². The quantitative estimate of drug-likeness (QED) is 0.577. The molecular weight excluding hydrogens is 446 g/mol. The Morgan fingerprint density at radius 3 is 2.94 bits per heavy atom. The molecule has 1 spiro atoms. The highest BCUT2D eigenvalue weighted by atomic mass is 32.2. The molecular formula is C27H35N3O3S. The van der Waals surface area contributed by atoms with Crippen LogP contribution in [0, 0.1) is 12.8 Å². The van der Waals surface area contributed by atoms with Gasteiger partial charge in [0.15, 0.2) is 0 Å². The second-order valence-corrected chi connectivity index (χ2v) is 11.7. The Kier molecular flexibility index (Phi) is 7.14. The average molecular weight is 482 g/mol. The van der Waals surface area contributed by atoms with Gasteiger partial charge in [-0.1, -0.05) is 42.8 Å². The molecule has 0 saturated carbocycles. The summed E-state index contributed by atoms with van der Waals surface area (Å²) in [6.07, 6.45) is 7.96. The lowest BCUT2D eigenvalue weighted by molar-refractivity contribution is 0.100. The number of amides is 1. The lowest BCUT2D eigenvalue weighted by Crippen LogP contribution is -2.41. The number of aryl methyl sites for hydroxylation is 2. The maximum atomic E-state index is 12.8. The summed E-state index contributed by atoms with van der Waals surface area (Å²) >= 11 is 0. The molecule has 0 aromatic heterocycles. The Hall–Kier alpha value is -2.64. The van der Waals surface area contributed by atoms with Crippen LogP contribution in [-0.4, -0.2) is 29.0 Å². The molecule has 2 aromatic carbocycles. The molecule has 1 amide bonds. The first kappa shape index (κ1) is 24.5. The summed E-state index contributed by atoms with van der Waals surface area (Å²) in [5.74, 6) is 0.399. The topological polar surface area (TPSA) is 93.8 Å². The lowest BCUT2D eigenvalue weighted by Gasteiger charge is -2.38. The molecule has 0 bridgehead atoms. The number of hydrogen-bond acceptors (Lipinski definition) is 4. The first-order chi connectivity index (χ1) is 16.2. The molecule has 0 saturated heterocycles. The van der Waals surface area contributed by atoms with E-state index in [1.165, 1.54) is 16.7 Å². The van der Waals surface area contributed by atoms with Crippen molar-refractivity contribution in [2.75, 3.05) is 24.2 Å². The first-order valence-corrected chi connectivity index (χ1v) is 13.7. The molecule has 0 radical (unpaired) electrons. The number of ether oxygens (including phenoxy) is 1. The summed E-state index contributed by atoms with van der Waals surface area (Å²) in [5.41, 5.74) is 5.03. The number of carbonyl (C=O) groups is 1. The zero-order valence-electron chi connectivity index (χ0n) is 20.3. The minimum atomic E-state index is -3.11. The monoisotopic (exact) mass is 481 g/mol. The smallest absolute Gasteiger partial charge is 0.286 e. The van der Waals surface area contributed by atoms with E-state index in [0.717, 1.165) is 37.9 Å². The van der Waals surface area contributed by atoms with E-state index in [1.807, 2.05) is 26.0 Å². The van der Waals surface area contributed by atoms with Crippen molar-refractivity contribution >= 4 is 21.5 Å². The number of benzene rings is 2. The molecule has 34 heavy (non-hydrogen) atoms. The van der Waals surface area contributed by atoms with Crippen LogP contribution in [0.15, 0.2) is 52.9 Å². The number of anilines is 1.